The summed E-state index contributed by atoms with van der Waals surface area (Å²) in [7, 11) is 0. The number of aryl methyl sites for hydroxylation is 1. The first kappa shape index (κ1) is 16.1. The van der Waals surface area contributed by atoms with Gasteiger partial charge in [-0.05, 0) is 38.2 Å². The lowest BCUT2D eigenvalue weighted by atomic mass is 10.0. The molecular formula is C18H23N5O2. The number of hydrogen-bond acceptors (Lipinski definition) is 4. The fraction of sp³-hybridized carbons (Fsp3) is 0.556. The zero-order valence-corrected chi connectivity index (χ0v) is 14.5. The maximum atomic E-state index is 12.9. The van der Waals surface area contributed by atoms with E-state index in [1.54, 1.807) is 21.8 Å². The van der Waals surface area contributed by atoms with Gasteiger partial charge in [-0.2, -0.15) is 5.10 Å². The van der Waals surface area contributed by atoms with Crippen LogP contribution in [0.2, 0.25) is 0 Å². The van der Waals surface area contributed by atoms with Crippen LogP contribution in [0.15, 0.2) is 18.6 Å². The summed E-state index contributed by atoms with van der Waals surface area (Å²) in [5, 5.41) is 4.23. The van der Waals surface area contributed by atoms with E-state index in [2.05, 4.69) is 10.1 Å². The molecule has 0 spiro atoms. The smallest absolute Gasteiger partial charge is 0.259 e. The van der Waals surface area contributed by atoms with Crippen molar-refractivity contribution >= 4 is 17.5 Å². The minimum absolute atomic E-state index is 0.0703. The minimum atomic E-state index is -0.0831. The van der Waals surface area contributed by atoms with E-state index in [0.717, 1.165) is 37.9 Å². The van der Waals surface area contributed by atoms with Crippen molar-refractivity contribution in [2.75, 3.05) is 26.2 Å². The Kier molecular flexibility index (Phi) is 4.15. The number of carbonyl (C=O) groups excluding carboxylic acids is 2. The molecule has 0 unspecified atom stereocenters. The molecule has 0 radical (unpaired) electrons. The Labute approximate surface area is 146 Å². The highest BCUT2D eigenvalue weighted by molar-refractivity contribution is 6.00. The van der Waals surface area contributed by atoms with Gasteiger partial charge in [-0.1, -0.05) is 0 Å². The second-order valence-corrected chi connectivity index (χ2v) is 7.08. The van der Waals surface area contributed by atoms with Crippen molar-refractivity contribution in [1.82, 2.24) is 24.4 Å². The lowest BCUT2D eigenvalue weighted by Crippen LogP contribution is -2.41. The van der Waals surface area contributed by atoms with E-state index in [1.807, 2.05) is 18.0 Å². The van der Waals surface area contributed by atoms with Gasteiger partial charge in [-0.15, -0.1) is 0 Å². The summed E-state index contributed by atoms with van der Waals surface area (Å²) in [5.74, 6) is 0.0583. The summed E-state index contributed by atoms with van der Waals surface area (Å²) >= 11 is 0. The van der Waals surface area contributed by atoms with Crippen molar-refractivity contribution in [3.8, 4) is 0 Å². The number of carbonyl (C=O) groups is 2. The highest BCUT2D eigenvalue weighted by atomic mass is 16.2. The van der Waals surface area contributed by atoms with Crippen molar-refractivity contribution < 1.29 is 9.59 Å². The van der Waals surface area contributed by atoms with Crippen LogP contribution in [-0.4, -0.2) is 62.4 Å². The molecule has 7 heteroatoms. The van der Waals surface area contributed by atoms with Crippen molar-refractivity contribution in [3.05, 3.63) is 29.7 Å². The third-order valence-electron chi connectivity index (χ3n) is 5.21. The van der Waals surface area contributed by atoms with E-state index in [0.29, 0.717) is 24.3 Å². The first-order chi connectivity index (χ1) is 12.1. The lowest BCUT2D eigenvalue weighted by molar-refractivity contribution is -0.135. The predicted octanol–water partition coefficient (Wildman–Crippen LogP) is 1.51. The molecule has 4 rings (SSSR count). The van der Waals surface area contributed by atoms with Gasteiger partial charge in [0, 0.05) is 38.6 Å². The fourth-order valence-corrected chi connectivity index (χ4v) is 3.81. The molecule has 0 N–H and O–H groups in total. The minimum Gasteiger partial charge on any atom is -0.342 e. The van der Waals surface area contributed by atoms with Gasteiger partial charge >= 0.3 is 0 Å². The Hall–Kier alpha value is -2.44. The third-order valence-corrected chi connectivity index (χ3v) is 5.21. The van der Waals surface area contributed by atoms with Crippen LogP contribution in [0.5, 0.6) is 0 Å². The van der Waals surface area contributed by atoms with E-state index in [4.69, 9.17) is 0 Å². The average Bonchev–Trinajstić information content (AvgIpc) is 3.28. The van der Waals surface area contributed by atoms with E-state index < -0.39 is 0 Å². The Balaban J connectivity index is 1.47. The molecule has 7 nitrogen and oxygen atoms in total. The molecule has 2 aromatic heterocycles. The number of fused-ring (bicyclic) bond motifs is 1. The first-order valence-electron chi connectivity index (χ1n) is 9.01. The molecule has 132 valence electrons. The van der Waals surface area contributed by atoms with Gasteiger partial charge in [-0.25, -0.2) is 9.50 Å². The van der Waals surface area contributed by atoms with Crippen LogP contribution in [-0.2, 0) is 4.79 Å². The van der Waals surface area contributed by atoms with Crippen LogP contribution in [0.1, 0.15) is 41.6 Å². The van der Waals surface area contributed by atoms with E-state index in [1.165, 1.54) is 6.42 Å². The van der Waals surface area contributed by atoms with Crippen LogP contribution in [0, 0.1) is 12.8 Å². The highest BCUT2D eigenvalue weighted by Gasteiger charge is 2.35. The number of nitrogens with zero attached hydrogens (tertiary/aromatic N) is 5. The second kappa shape index (κ2) is 6.46. The summed E-state index contributed by atoms with van der Waals surface area (Å²) in [6, 6.07) is 0. The van der Waals surface area contributed by atoms with Crippen LogP contribution >= 0.6 is 0 Å². The molecule has 2 fully saturated rings. The molecule has 2 aliphatic rings. The molecule has 25 heavy (non-hydrogen) atoms. The normalized spacial score (nSPS) is 21.1. The molecule has 0 aliphatic carbocycles. The molecule has 2 amide bonds. The summed E-state index contributed by atoms with van der Waals surface area (Å²) in [6.07, 6.45) is 9.30. The average molecular weight is 341 g/mol. The fourth-order valence-electron chi connectivity index (χ4n) is 3.81. The van der Waals surface area contributed by atoms with E-state index >= 15 is 0 Å². The highest BCUT2D eigenvalue weighted by Crippen LogP contribution is 2.23. The number of aromatic nitrogens is 3. The van der Waals surface area contributed by atoms with Crippen LogP contribution in [0.4, 0.5) is 0 Å². The first-order valence-corrected chi connectivity index (χ1v) is 9.01. The Morgan fingerprint density at radius 1 is 1.08 bits per heavy atom. The SMILES string of the molecule is Cc1cnc2c(C(=O)N3CC[C@H](C(=O)N4CCCCC4)C3)cnn2c1. The van der Waals surface area contributed by atoms with Gasteiger partial charge < -0.3 is 9.80 Å². The molecule has 4 heterocycles. The van der Waals surface area contributed by atoms with Crippen LogP contribution in [0.25, 0.3) is 5.65 Å². The second-order valence-electron chi connectivity index (χ2n) is 7.08. The number of hydrogen-bond donors (Lipinski definition) is 0. The van der Waals surface area contributed by atoms with Gasteiger partial charge in [0.1, 0.15) is 5.56 Å². The van der Waals surface area contributed by atoms with Gasteiger partial charge in [0.2, 0.25) is 5.91 Å². The van der Waals surface area contributed by atoms with Crippen molar-refractivity contribution in [2.45, 2.75) is 32.6 Å². The molecule has 2 saturated heterocycles. The lowest BCUT2D eigenvalue weighted by Gasteiger charge is -2.29. The van der Waals surface area contributed by atoms with E-state index in [-0.39, 0.29) is 17.7 Å². The third kappa shape index (κ3) is 2.99. The monoisotopic (exact) mass is 341 g/mol. The maximum Gasteiger partial charge on any atom is 0.259 e. The van der Waals surface area contributed by atoms with Gasteiger partial charge in [0.05, 0.1) is 12.1 Å². The van der Waals surface area contributed by atoms with E-state index in [9.17, 15) is 9.59 Å². The topological polar surface area (TPSA) is 70.8 Å². The Morgan fingerprint density at radius 3 is 2.68 bits per heavy atom. The van der Waals surface area contributed by atoms with Gasteiger partial charge in [-0.3, -0.25) is 9.59 Å². The molecule has 0 saturated carbocycles. The largest absolute Gasteiger partial charge is 0.342 e. The Morgan fingerprint density at radius 2 is 1.88 bits per heavy atom. The molecule has 0 aromatic carbocycles. The summed E-state index contributed by atoms with van der Waals surface area (Å²) in [4.78, 5) is 33.6. The van der Waals surface area contributed by atoms with Crippen molar-refractivity contribution in [3.63, 3.8) is 0 Å². The summed E-state index contributed by atoms with van der Waals surface area (Å²) in [6.45, 7) is 4.78. The number of likely N-dealkylation sites (tertiary alicyclic amines) is 2. The maximum absolute atomic E-state index is 12.9. The standard InChI is InChI=1S/C18H23N5O2/c1-13-9-19-16-15(10-20-23(16)11-13)18(25)22-8-5-14(12-22)17(24)21-6-3-2-4-7-21/h9-11,14H,2-8,12H2,1H3/t14-/m0/s1. The molecule has 2 aliphatic heterocycles. The number of rotatable bonds is 2. The van der Waals surface area contributed by atoms with Crippen molar-refractivity contribution in [2.24, 2.45) is 5.92 Å². The summed E-state index contributed by atoms with van der Waals surface area (Å²) in [5.41, 5.74) is 2.07. The van der Waals surface area contributed by atoms with Crippen LogP contribution < -0.4 is 0 Å². The molecular weight excluding hydrogens is 318 g/mol. The quantitative estimate of drug-likeness (QED) is 0.830. The molecule has 0 bridgehead atoms. The summed E-state index contributed by atoms with van der Waals surface area (Å²) < 4.78 is 1.63. The number of amides is 2. The predicted molar refractivity (Wildman–Crippen MR) is 92.2 cm³/mol. The zero-order valence-electron chi connectivity index (χ0n) is 14.5. The number of piperidine rings is 1. The van der Waals surface area contributed by atoms with Gasteiger partial charge in [0.25, 0.3) is 5.91 Å². The van der Waals surface area contributed by atoms with Gasteiger partial charge in [0.15, 0.2) is 5.65 Å². The zero-order chi connectivity index (χ0) is 17.4. The Bertz CT molecular complexity index is 809. The molecule has 1 atom stereocenters. The van der Waals surface area contributed by atoms with Crippen molar-refractivity contribution in [1.29, 1.82) is 0 Å². The molecule has 2 aromatic rings. The van der Waals surface area contributed by atoms with Crippen LogP contribution in [0.3, 0.4) is 0 Å².